The van der Waals surface area contributed by atoms with E-state index in [0.717, 1.165) is 5.56 Å². The summed E-state index contributed by atoms with van der Waals surface area (Å²) in [6.07, 6.45) is 0. The molecule has 0 amide bonds. The molecule has 106 valence electrons. The van der Waals surface area contributed by atoms with Crippen LogP contribution in [0.1, 0.15) is 38.8 Å². The van der Waals surface area contributed by atoms with E-state index in [1.54, 1.807) is 6.07 Å². The second kappa shape index (κ2) is 5.97. The lowest BCUT2D eigenvalue weighted by atomic mass is 9.90. The van der Waals surface area contributed by atoms with Gasteiger partial charge in [-0.25, -0.2) is 0 Å². The topological polar surface area (TPSA) is 0 Å². The molecule has 2 aromatic carbocycles. The van der Waals surface area contributed by atoms with Crippen molar-refractivity contribution in [2.45, 2.75) is 33.1 Å². The van der Waals surface area contributed by atoms with Gasteiger partial charge in [0.1, 0.15) is 0 Å². The molecule has 1 atom stereocenters. The van der Waals surface area contributed by atoms with E-state index in [1.807, 2.05) is 12.1 Å². The fraction of sp³-hybridized carbons (Fsp3) is 0.294. The molecule has 20 heavy (non-hydrogen) atoms. The third-order valence-electron chi connectivity index (χ3n) is 3.91. The Bertz CT molecular complexity index is 634. The van der Waals surface area contributed by atoms with Crippen molar-refractivity contribution in [3.63, 3.8) is 0 Å². The van der Waals surface area contributed by atoms with Gasteiger partial charge in [-0.05, 0) is 73.2 Å². The van der Waals surface area contributed by atoms with Crippen molar-refractivity contribution in [3.8, 4) is 0 Å². The van der Waals surface area contributed by atoms with Gasteiger partial charge in [0.05, 0.1) is 15.4 Å². The summed E-state index contributed by atoms with van der Waals surface area (Å²) >= 11 is 18.8. The highest BCUT2D eigenvalue weighted by Crippen LogP contribution is 2.37. The lowest BCUT2D eigenvalue weighted by molar-refractivity contribution is 1.05. The summed E-state index contributed by atoms with van der Waals surface area (Å²) in [5.74, 6) is 0. The summed E-state index contributed by atoms with van der Waals surface area (Å²) < 4.78 is 0. The largest absolute Gasteiger partial charge is 0.113 e. The molecule has 0 aliphatic heterocycles. The lowest BCUT2D eigenvalue weighted by Crippen LogP contribution is -2.03. The first-order valence-electron chi connectivity index (χ1n) is 6.49. The molecule has 0 saturated carbocycles. The first-order chi connectivity index (χ1) is 9.32. The van der Waals surface area contributed by atoms with Crippen molar-refractivity contribution in [2.24, 2.45) is 0 Å². The Morgan fingerprint density at radius 3 is 1.85 bits per heavy atom. The number of rotatable bonds is 2. The highest BCUT2D eigenvalue weighted by Gasteiger charge is 2.19. The normalized spacial score (nSPS) is 12.6. The highest BCUT2D eigenvalue weighted by atomic mass is 35.5. The van der Waals surface area contributed by atoms with Gasteiger partial charge < -0.3 is 0 Å². The van der Waals surface area contributed by atoms with Crippen molar-refractivity contribution >= 4 is 34.8 Å². The fourth-order valence-corrected chi connectivity index (χ4v) is 3.23. The molecular formula is C17H17Cl3. The van der Waals surface area contributed by atoms with Gasteiger partial charge in [0.25, 0.3) is 0 Å². The summed E-state index contributed by atoms with van der Waals surface area (Å²) in [4.78, 5) is 0. The Hall–Kier alpha value is -0.690. The Morgan fingerprint density at radius 2 is 1.35 bits per heavy atom. The predicted molar refractivity (Wildman–Crippen MR) is 89.5 cm³/mol. The summed E-state index contributed by atoms with van der Waals surface area (Å²) in [5.41, 5.74) is 7.13. The van der Waals surface area contributed by atoms with Gasteiger partial charge in [-0.1, -0.05) is 35.3 Å². The molecule has 0 nitrogen and oxygen atoms in total. The van der Waals surface area contributed by atoms with Crippen LogP contribution in [0.2, 0.25) is 10.0 Å². The molecule has 0 fully saturated rings. The van der Waals surface area contributed by atoms with Crippen LogP contribution in [0.3, 0.4) is 0 Å². The Morgan fingerprint density at radius 1 is 0.800 bits per heavy atom. The molecule has 0 spiro atoms. The van der Waals surface area contributed by atoms with Gasteiger partial charge in [0.2, 0.25) is 0 Å². The minimum Gasteiger partial charge on any atom is -0.113 e. The van der Waals surface area contributed by atoms with Crippen LogP contribution in [0.4, 0.5) is 0 Å². The molecule has 2 rings (SSSR count). The quantitative estimate of drug-likeness (QED) is 0.548. The molecule has 2 aromatic rings. The minimum atomic E-state index is -0.219. The van der Waals surface area contributed by atoms with Crippen LogP contribution in [0.5, 0.6) is 0 Å². The van der Waals surface area contributed by atoms with E-state index in [1.165, 1.54) is 27.8 Å². The molecule has 0 aliphatic carbocycles. The zero-order valence-corrected chi connectivity index (χ0v) is 14.3. The summed E-state index contributed by atoms with van der Waals surface area (Å²) in [5, 5.41) is 0.867. The first-order valence-corrected chi connectivity index (χ1v) is 7.68. The average molecular weight is 328 g/mol. The van der Waals surface area contributed by atoms with E-state index in [9.17, 15) is 0 Å². The molecule has 0 aliphatic rings. The molecular weight excluding hydrogens is 311 g/mol. The SMILES string of the molecule is Cc1cc(C)c(C)c(C(Cl)c2ccc(Cl)c(Cl)c2)c1C. The minimum absolute atomic E-state index is 0.219. The van der Waals surface area contributed by atoms with Crippen molar-refractivity contribution in [1.82, 2.24) is 0 Å². The second-order valence-corrected chi connectivity index (χ2v) is 6.46. The highest BCUT2D eigenvalue weighted by molar-refractivity contribution is 6.42. The zero-order valence-electron chi connectivity index (χ0n) is 12.0. The van der Waals surface area contributed by atoms with Gasteiger partial charge >= 0.3 is 0 Å². The van der Waals surface area contributed by atoms with Crippen LogP contribution in [-0.4, -0.2) is 0 Å². The van der Waals surface area contributed by atoms with Gasteiger partial charge in [0.15, 0.2) is 0 Å². The molecule has 0 aromatic heterocycles. The van der Waals surface area contributed by atoms with Crippen LogP contribution in [0.25, 0.3) is 0 Å². The Kier molecular flexibility index (Phi) is 4.69. The van der Waals surface area contributed by atoms with E-state index in [2.05, 4.69) is 33.8 Å². The second-order valence-electron chi connectivity index (χ2n) is 5.21. The summed E-state index contributed by atoms with van der Waals surface area (Å²) in [6.45, 7) is 8.46. The fourth-order valence-electron chi connectivity index (χ4n) is 2.46. The molecule has 0 bridgehead atoms. The standard InChI is InChI=1S/C17H17Cl3/c1-9-7-10(2)12(4)16(11(9)3)17(20)13-5-6-14(18)15(19)8-13/h5-8,17H,1-4H3. The van der Waals surface area contributed by atoms with E-state index >= 15 is 0 Å². The van der Waals surface area contributed by atoms with Gasteiger partial charge in [-0.2, -0.15) is 0 Å². The van der Waals surface area contributed by atoms with Crippen LogP contribution < -0.4 is 0 Å². The molecule has 0 N–H and O–H groups in total. The van der Waals surface area contributed by atoms with E-state index in [0.29, 0.717) is 10.0 Å². The number of hydrogen-bond acceptors (Lipinski definition) is 0. The van der Waals surface area contributed by atoms with Gasteiger partial charge in [-0.15, -0.1) is 11.6 Å². The first kappa shape index (κ1) is 15.7. The van der Waals surface area contributed by atoms with E-state index in [4.69, 9.17) is 34.8 Å². The van der Waals surface area contributed by atoms with Gasteiger partial charge in [0, 0.05) is 0 Å². The smallest absolute Gasteiger partial charge is 0.0841 e. The van der Waals surface area contributed by atoms with Crippen LogP contribution in [0, 0.1) is 27.7 Å². The number of benzene rings is 2. The maximum Gasteiger partial charge on any atom is 0.0841 e. The lowest BCUT2D eigenvalue weighted by Gasteiger charge is -2.20. The third kappa shape index (κ3) is 2.83. The Balaban J connectivity index is 2.58. The summed E-state index contributed by atoms with van der Waals surface area (Å²) in [6, 6.07) is 7.77. The monoisotopic (exact) mass is 326 g/mol. The molecule has 1 unspecified atom stereocenters. The van der Waals surface area contributed by atoms with E-state index < -0.39 is 0 Å². The van der Waals surface area contributed by atoms with Crippen LogP contribution >= 0.6 is 34.8 Å². The maximum atomic E-state index is 6.71. The number of alkyl halides is 1. The van der Waals surface area contributed by atoms with Gasteiger partial charge in [-0.3, -0.25) is 0 Å². The average Bonchev–Trinajstić information content (AvgIpc) is 2.40. The number of aryl methyl sites for hydroxylation is 2. The predicted octanol–water partition coefficient (Wildman–Crippen LogP) is 6.56. The third-order valence-corrected chi connectivity index (χ3v) is 5.12. The van der Waals surface area contributed by atoms with Crippen LogP contribution in [0.15, 0.2) is 24.3 Å². The molecule has 0 saturated heterocycles. The number of hydrogen-bond donors (Lipinski definition) is 0. The molecule has 0 heterocycles. The van der Waals surface area contributed by atoms with Crippen molar-refractivity contribution < 1.29 is 0 Å². The summed E-state index contributed by atoms with van der Waals surface area (Å²) in [7, 11) is 0. The molecule has 0 radical (unpaired) electrons. The van der Waals surface area contributed by atoms with Crippen LogP contribution in [-0.2, 0) is 0 Å². The van der Waals surface area contributed by atoms with Crippen molar-refractivity contribution in [1.29, 1.82) is 0 Å². The maximum absolute atomic E-state index is 6.71. The number of halogens is 3. The van der Waals surface area contributed by atoms with Crippen molar-refractivity contribution in [2.75, 3.05) is 0 Å². The zero-order chi connectivity index (χ0) is 15.0. The van der Waals surface area contributed by atoms with Crippen molar-refractivity contribution in [3.05, 3.63) is 67.7 Å². The molecule has 3 heteroatoms. The Labute approximate surface area is 135 Å². The van der Waals surface area contributed by atoms with E-state index in [-0.39, 0.29) is 5.38 Å².